The molecule has 3 rings (SSSR count). The van der Waals surface area contributed by atoms with Crippen molar-refractivity contribution < 1.29 is 4.79 Å². The van der Waals surface area contributed by atoms with Crippen LogP contribution in [0.5, 0.6) is 0 Å². The van der Waals surface area contributed by atoms with Crippen LogP contribution in [0.15, 0.2) is 28.7 Å². The monoisotopic (exact) mass is 372 g/mol. The molecule has 0 aromatic heterocycles. The molecule has 5 heteroatoms. The molecule has 1 heterocycles. The lowest BCUT2D eigenvalue weighted by atomic mass is 9.88. The minimum absolute atomic E-state index is 0. The summed E-state index contributed by atoms with van der Waals surface area (Å²) in [4.78, 5) is 12.2. The zero-order valence-corrected chi connectivity index (χ0v) is 14.6. The van der Waals surface area contributed by atoms with Gasteiger partial charge in [-0.2, -0.15) is 0 Å². The van der Waals surface area contributed by atoms with Crippen molar-refractivity contribution in [1.29, 1.82) is 0 Å². The molecule has 0 spiro atoms. The molecule has 1 saturated heterocycles. The van der Waals surface area contributed by atoms with Crippen molar-refractivity contribution in [2.24, 2.45) is 11.8 Å². The van der Waals surface area contributed by atoms with Crippen LogP contribution in [0.25, 0.3) is 0 Å². The van der Waals surface area contributed by atoms with Crippen molar-refractivity contribution in [3.05, 3.63) is 34.3 Å². The second kappa shape index (κ2) is 6.67. The highest BCUT2D eigenvalue weighted by Gasteiger charge is 2.44. The fraction of sp³-hybridized carbons (Fsp3) is 0.562. The smallest absolute Gasteiger partial charge is 0.223 e. The average Bonchev–Trinajstić information content (AvgIpc) is 3.15. The molecule has 1 saturated carbocycles. The fourth-order valence-corrected chi connectivity index (χ4v) is 3.23. The predicted molar refractivity (Wildman–Crippen MR) is 90.8 cm³/mol. The first-order chi connectivity index (χ1) is 9.61. The first kappa shape index (κ1) is 16.8. The van der Waals surface area contributed by atoms with E-state index in [4.69, 9.17) is 0 Å². The zero-order chi connectivity index (χ0) is 14.2. The minimum Gasteiger partial charge on any atom is -0.355 e. The third-order valence-electron chi connectivity index (χ3n) is 4.83. The Morgan fingerprint density at radius 2 is 2.19 bits per heavy atom. The standard InChI is InChI=1S/C16H21BrN2O.ClH/c1-11(12-8-18-9-12)15(20)19-10-16(5-6-16)13-3-2-4-14(17)7-13;/h2-4,7,11-12,18H,5-6,8-10H2,1H3,(H,19,20);1H. The van der Waals surface area contributed by atoms with Crippen LogP contribution >= 0.6 is 28.3 Å². The van der Waals surface area contributed by atoms with Crippen molar-refractivity contribution in [3.8, 4) is 0 Å². The first-order valence-electron chi connectivity index (χ1n) is 7.35. The lowest BCUT2D eigenvalue weighted by molar-refractivity contribution is -0.126. The number of nitrogens with one attached hydrogen (secondary N) is 2. The van der Waals surface area contributed by atoms with Gasteiger partial charge in [0.25, 0.3) is 0 Å². The van der Waals surface area contributed by atoms with E-state index < -0.39 is 0 Å². The van der Waals surface area contributed by atoms with Gasteiger partial charge in [-0.1, -0.05) is 35.0 Å². The van der Waals surface area contributed by atoms with Crippen LogP contribution in [0.4, 0.5) is 0 Å². The van der Waals surface area contributed by atoms with Crippen LogP contribution in [0.2, 0.25) is 0 Å². The number of hydrogen-bond acceptors (Lipinski definition) is 2. The Labute approximate surface area is 140 Å². The van der Waals surface area contributed by atoms with Crippen LogP contribution in [0.3, 0.4) is 0 Å². The van der Waals surface area contributed by atoms with Gasteiger partial charge in [0.2, 0.25) is 5.91 Å². The molecule has 116 valence electrons. The molecule has 1 aliphatic heterocycles. The van der Waals surface area contributed by atoms with E-state index in [0.717, 1.165) is 24.1 Å². The number of amides is 1. The number of carbonyl (C=O) groups is 1. The highest BCUT2D eigenvalue weighted by Crippen LogP contribution is 2.48. The van der Waals surface area contributed by atoms with Gasteiger partial charge in [-0.05, 0) is 49.5 Å². The molecule has 1 amide bonds. The van der Waals surface area contributed by atoms with Gasteiger partial charge >= 0.3 is 0 Å². The van der Waals surface area contributed by atoms with Gasteiger partial charge in [0.15, 0.2) is 0 Å². The maximum atomic E-state index is 12.2. The SMILES string of the molecule is CC(C(=O)NCC1(c2cccc(Br)c2)CC1)C1CNC1.Cl. The largest absolute Gasteiger partial charge is 0.355 e. The maximum Gasteiger partial charge on any atom is 0.223 e. The summed E-state index contributed by atoms with van der Waals surface area (Å²) in [6, 6.07) is 8.47. The van der Waals surface area contributed by atoms with Gasteiger partial charge in [-0.25, -0.2) is 0 Å². The molecule has 1 unspecified atom stereocenters. The van der Waals surface area contributed by atoms with Gasteiger partial charge < -0.3 is 10.6 Å². The Kier molecular flexibility index (Phi) is 5.33. The van der Waals surface area contributed by atoms with E-state index in [-0.39, 0.29) is 29.6 Å². The molecule has 1 atom stereocenters. The van der Waals surface area contributed by atoms with Gasteiger partial charge in [-0.15, -0.1) is 12.4 Å². The van der Waals surface area contributed by atoms with Crippen LogP contribution < -0.4 is 10.6 Å². The summed E-state index contributed by atoms with van der Waals surface area (Å²) >= 11 is 3.53. The normalized spacial score (nSPS) is 20.9. The quantitative estimate of drug-likeness (QED) is 0.833. The summed E-state index contributed by atoms with van der Waals surface area (Å²) in [5.74, 6) is 0.836. The number of benzene rings is 1. The second-order valence-electron chi connectivity index (χ2n) is 6.22. The molecule has 2 N–H and O–H groups in total. The Morgan fingerprint density at radius 1 is 1.48 bits per heavy atom. The number of carbonyl (C=O) groups excluding carboxylic acids is 1. The van der Waals surface area contributed by atoms with Crippen LogP contribution in [-0.2, 0) is 10.2 Å². The Morgan fingerprint density at radius 3 is 2.71 bits per heavy atom. The molecule has 3 nitrogen and oxygen atoms in total. The van der Waals surface area contributed by atoms with Crippen molar-refractivity contribution >= 4 is 34.2 Å². The van der Waals surface area contributed by atoms with Gasteiger partial charge in [0.05, 0.1) is 0 Å². The molecule has 0 bridgehead atoms. The summed E-state index contributed by atoms with van der Waals surface area (Å²) < 4.78 is 1.11. The van der Waals surface area contributed by atoms with Crippen LogP contribution in [0, 0.1) is 11.8 Å². The minimum atomic E-state index is 0. The number of rotatable bonds is 5. The third kappa shape index (κ3) is 3.61. The van der Waals surface area contributed by atoms with Gasteiger partial charge in [0.1, 0.15) is 0 Å². The Balaban J connectivity index is 0.00000161. The molecule has 2 fully saturated rings. The van der Waals surface area contributed by atoms with E-state index in [1.807, 2.05) is 13.0 Å². The maximum absolute atomic E-state index is 12.2. The lowest BCUT2D eigenvalue weighted by Crippen LogP contribution is -2.50. The fourth-order valence-electron chi connectivity index (χ4n) is 2.83. The molecule has 21 heavy (non-hydrogen) atoms. The molecular formula is C16H22BrClN2O. The van der Waals surface area contributed by atoms with E-state index in [1.165, 1.54) is 18.4 Å². The molecule has 1 aliphatic carbocycles. The van der Waals surface area contributed by atoms with Crippen molar-refractivity contribution in [1.82, 2.24) is 10.6 Å². The first-order valence-corrected chi connectivity index (χ1v) is 8.14. The molecule has 0 radical (unpaired) electrons. The highest BCUT2D eigenvalue weighted by atomic mass is 79.9. The third-order valence-corrected chi connectivity index (χ3v) is 5.32. The molecule has 2 aliphatic rings. The topological polar surface area (TPSA) is 41.1 Å². The summed E-state index contributed by atoms with van der Waals surface area (Å²) in [7, 11) is 0. The van der Waals surface area contributed by atoms with E-state index in [2.05, 4.69) is 44.8 Å². The highest BCUT2D eigenvalue weighted by molar-refractivity contribution is 9.10. The average molecular weight is 374 g/mol. The van der Waals surface area contributed by atoms with Gasteiger partial charge in [-0.3, -0.25) is 4.79 Å². The van der Waals surface area contributed by atoms with Crippen LogP contribution in [-0.4, -0.2) is 25.5 Å². The zero-order valence-electron chi connectivity index (χ0n) is 12.2. The molecule has 1 aromatic rings. The summed E-state index contributed by atoms with van der Waals surface area (Å²) in [5.41, 5.74) is 1.52. The lowest BCUT2D eigenvalue weighted by Gasteiger charge is -2.32. The molecular weight excluding hydrogens is 352 g/mol. The predicted octanol–water partition coefficient (Wildman–Crippen LogP) is 2.87. The van der Waals surface area contributed by atoms with Crippen molar-refractivity contribution in [2.45, 2.75) is 25.2 Å². The second-order valence-corrected chi connectivity index (χ2v) is 7.13. The number of hydrogen-bond donors (Lipinski definition) is 2. The summed E-state index contributed by atoms with van der Waals surface area (Å²) in [5, 5.41) is 6.40. The molecule has 1 aromatic carbocycles. The Bertz CT molecular complexity index is 515. The summed E-state index contributed by atoms with van der Waals surface area (Å²) in [6.45, 7) is 4.77. The Hall–Kier alpha value is -0.580. The van der Waals surface area contributed by atoms with E-state index in [0.29, 0.717) is 5.92 Å². The van der Waals surface area contributed by atoms with E-state index in [9.17, 15) is 4.79 Å². The van der Waals surface area contributed by atoms with Crippen LogP contribution in [0.1, 0.15) is 25.3 Å². The van der Waals surface area contributed by atoms with Crippen molar-refractivity contribution in [3.63, 3.8) is 0 Å². The van der Waals surface area contributed by atoms with E-state index >= 15 is 0 Å². The van der Waals surface area contributed by atoms with Gasteiger partial charge in [0, 0.05) is 22.4 Å². The number of halogens is 2. The van der Waals surface area contributed by atoms with E-state index in [1.54, 1.807) is 0 Å². The summed E-state index contributed by atoms with van der Waals surface area (Å²) in [6.07, 6.45) is 2.34. The van der Waals surface area contributed by atoms with Crippen molar-refractivity contribution in [2.75, 3.05) is 19.6 Å².